The van der Waals surface area contributed by atoms with Crippen molar-refractivity contribution in [3.63, 3.8) is 0 Å². The molecule has 5 N–H and O–H groups in total. The van der Waals surface area contributed by atoms with Crippen molar-refractivity contribution in [1.29, 1.82) is 0 Å². The Morgan fingerprint density at radius 1 is 1.03 bits per heavy atom. The number of hydrogen-bond acceptors (Lipinski definition) is 5. The van der Waals surface area contributed by atoms with Crippen LogP contribution in [0.2, 0.25) is 0 Å². The van der Waals surface area contributed by atoms with Gasteiger partial charge in [-0.1, -0.05) is 12.1 Å². The zero-order valence-electron chi connectivity index (χ0n) is 18.3. The summed E-state index contributed by atoms with van der Waals surface area (Å²) in [6.07, 6.45) is -7.80. The predicted molar refractivity (Wildman–Crippen MR) is 112 cm³/mol. The number of carbonyl (C=O) groups excluding carboxylic acids is 1. The number of rotatable bonds is 8. The Morgan fingerprint density at radius 2 is 1.64 bits per heavy atom. The van der Waals surface area contributed by atoms with Crippen LogP contribution in [0.25, 0.3) is 0 Å². The van der Waals surface area contributed by atoms with Gasteiger partial charge in [-0.15, -0.1) is 0 Å². The molecule has 0 saturated carbocycles. The lowest BCUT2D eigenvalue weighted by atomic mass is 10.1. The summed E-state index contributed by atoms with van der Waals surface area (Å²) in [6, 6.07) is 5.91. The Labute approximate surface area is 199 Å². The van der Waals surface area contributed by atoms with Crippen LogP contribution in [0.15, 0.2) is 47.4 Å². The molecule has 0 radical (unpaired) electrons. The maximum Gasteiger partial charge on any atom is 0.490 e. The summed E-state index contributed by atoms with van der Waals surface area (Å²) in [5, 5.41) is 18.6. The summed E-state index contributed by atoms with van der Waals surface area (Å²) >= 11 is 0. The molecule has 1 atom stereocenters. The van der Waals surface area contributed by atoms with Crippen molar-refractivity contribution in [1.82, 2.24) is 9.88 Å². The monoisotopic (exact) mass is 525 g/mol. The second-order valence-electron chi connectivity index (χ2n) is 7.15. The number of aromatic nitrogens is 1. The number of nitrogens with one attached hydrogen (secondary N) is 1. The number of nitrogens with two attached hydrogens (primary N) is 1. The average Bonchev–Trinajstić information content (AvgIpc) is 2.77. The van der Waals surface area contributed by atoms with Gasteiger partial charge in [0.15, 0.2) is 0 Å². The van der Waals surface area contributed by atoms with Crippen molar-refractivity contribution < 1.29 is 50.9 Å². The van der Waals surface area contributed by atoms with Gasteiger partial charge < -0.3 is 25.8 Å². The quantitative estimate of drug-likeness (QED) is 0.387. The van der Waals surface area contributed by atoms with Gasteiger partial charge in [0.1, 0.15) is 11.6 Å². The SMILES string of the molecule is NCCC[C@H](NC(=O)c1cccn(Cc2cccc(C(F)(F)F)c2)c1=O)C(=O)O.O=C(O)C(F)(F)F. The summed E-state index contributed by atoms with van der Waals surface area (Å²) in [4.78, 5) is 45.1. The lowest BCUT2D eigenvalue weighted by molar-refractivity contribution is -0.192. The molecule has 0 unspecified atom stereocenters. The van der Waals surface area contributed by atoms with E-state index in [2.05, 4.69) is 5.32 Å². The Balaban J connectivity index is 0.000000809. The van der Waals surface area contributed by atoms with Crippen LogP contribution in [0, 0.1) is 0 Å². The van der Waals surface area contributed by atoms with Gasteiger partial charge in [0.05, 0.1) is 12.1 Å². The zero-order chi connectivity index (χ0) is 27.7. The Morgan fingerprint density at radius 3 is 2.14 bits per heavy atom. The molecule has 15 heteroatoms. The number of carboxylic acids is 2. The fraction of sp³-hybridized carbons (Fsp3) is 0.333. The molecule has 2 rings (SSSR count). The molecule has 36 heavy (non-hydrogen) atoms. The highest BCUT2D eigenvalue weighted by atomic mass is 19.4. The molecule has 2 aromatic rings. The van der Waals surface area contributed by atoms with E-state index in [9.17, 15) is 45.8 Å². The largest absolute Gasteiger partial charge is 0.490 e. The zero-order valence-corrected chi connectivity index (χ0v) is 18.3. The first-order chi connectivity index (χ1) is 16.6. The van der Waals surface area contributed by atoms with E-state index in [1.165, 1.54) is 30.5 Å². The summed E-state index contributed by atoms with van der Waals surface area (Å²) in [7, 11) is 0. The smallest absolute Gasteiger partial charge is 0.480 e. The number of aliphatic carboxylic acids is 2. The van der Waals surface area contributed by atoms with Crippen molar-refractivity contribution in [3.8, 4) is 0 Å². The van der Waals surface area contributed by atoms with Gasteiger partial charge in [-0.05, 0) is 49.2 Å². The van der Waals surface area contributed by atoms with Gasteiger partial charge in [-0.25, -0.2) is 9.59 Å². The third-order valence-electron chi connectivity index (χ3n) is 4.41. The molecule has 0 aliphatic rings. The van der Waals surface area contributed by atoms with Gasteiger partial charge in [0.2, 0.25) is 0 Å². The van der Waals surface area contributed by atoms with E-state index in [1.807, 2.05) is 0 Å². The van der Waals surface area contributed by atoms with E-state index in [4.69, 9.17) is 15.6 Å². The fourth-order valence-corrected chi connectivity index (χ4v) is 2.69. The number of pyridine rings is 1. The van der Waals surface area contributed by atoms with Crippen molar-refractivity contribution in [2.24, 2.45) is 5.73 Å². The van der Waals surface area contributed by atoms with Crippen LogP contribution in [0.3, 0.4) is 0 Å². The number of carboxylic acid groups (broad SMARTS) is 2. The molecule has 1 aromatic carbocycles. The number of amides is 1. The van der Waals surface area contributed by atoms with Crippen LogP contribution in [0.4, 0.5) is 26.3 Å². The summed E-state index contributed by atoms with van der Waals surface area (Å²) in [5.41, 5.74) is 3.67. The normalized spacial score (nSPS) is 12.2. The summed E-state index contributed by atoms with van der Waals surface area (Å²) in [5.74, 6) is -4.89. The lowest BCUT2D eigenvalue weighted by Crippen LogP contribution is -2.43. The van der Waals surface area contributed by atoms with Crippen molar-refractivity contribution in [2.45, 2.75) is 37.8 Å². The standard InChI is InChI=1S/C19H20F3N3O4.C2HF3O2/c20-19(21,22)13-5-1-4-12(10-13)11-25-9-3-6-14(17(25)27)16(26)24-15(18(28)29)7-2-8-23;3-2(4,5)1(6)7/h1,3-6,9-10,15H,2,7-8,11,23H2,(H,24,26)(H,28,29);(H,6,7)/t15-;/m0./s1. The van der Waals surface area contributed by atoms with E-state index in [0.29, 0.717) is 6.42 Å². The molecule has 0 spiro atoms. The van der Waals surface area contributed by atoms with E-state index in [-0.39, 0.29) is 30.6 Å². The second-order valence-corrected chi connectivity index (χ2v) is 7.15. The molecule has 0 aliphatic carbocycles. The third kappa shape index (κ3) is 9.40. The number of hydrogen-bond donors (Lipinski definition) is 4. The molecule has 0 aliphatic heterocycles. The van der Waals surface area contributed by atoms with Gasteiger partial charge >= 0.3 is 24.3 Å². The predicted octanol–water partition coefficient (Wildman–Crippen LogP) is 2.47. The number of nitrogens with zero attached hydrogens (tertiary/aromatic N) is 1. The lowest BCUT2D eigenvalue weighted by Gasteiger charge is -2.15. The topological polar surface area (TPSA) is 152 Å². The van der Waals surface area contributed by atoms with Crippen LogP contribution < -0.4 is 16.6 Å². The van der Waals surface area contributed by atoms with Crippen molar-refractivity contribution >= 4 is 17.8 Å². The first kappa shape index (κ1) is 30.2. The average molecular weight is 525 g/mol. The maximum absolute atomic E-state index is 12.9. The van der Waals surface area contributed by atoms with Crippen LogP contribution in [-0.4, -0.2) is 51.4 Å². The molecule has 0 saturated heterocycles. The Bertz CT molecular complexity index is 1130. The molecular formula is C21H21F6N3O6. The van der Waals surface area contributed by atoms with Crippen LogP contribution >= 0.6 is 0 Å². The molecular weight excluding hydrogens is 504 g/mol. The van der Waals surface area contributed by atoms with Crippen LogP contribution in [-0.2, 0) is 22.3 Å². The van der Waals surface area contributed by atoms with E-state index in [1.54, 1.807) is 0 Å². The number of alkyl halides is 6. The first-order valence-electron chi connectivity index (χ1n) is 9.97. The molecule has 1 amide bonds. The van der Waals surface area contributed by atoms with Gasteiger partial charge in [-0.2, -0.15) is 26.3 Å². The highest BCUT2D eigenvalue weighted by Gasteiger charge is 2.38. The van der Waals surface area contributed by atoms with Crippen LogP contribution in [0.1, 0.15) is 34.3 Å². The van der Waals surface area contributed by atoms with Gasteiger partial charge in [-0.3, -0.25) is 9.59 Å². The number of carbonyl (C=O) groups is 3. The maximum atomic E-state index is 12.9. The minimum absolute atomic E-state index is 0.100. The number of halogens is 6. The van der Waals surface area contributed by atoms with Crippen molar-refractivity contribution in [2.75, 3.05) is 6.54 Å². The Kier molecular flexibility index (Phi) is 10.6. The highest BCUT2D eigenvalue weighted by molar-refractivity contribution is 5.96. The minimum Gasteiger partial charge on any atom is -0.480 e. The molecule has 1 heterocycles. The third-order valence-corrected chi connectivity index (χ3v) is 4.41. The van der Waals surface area contributed by atoms with Crippen molar-refractivity contribution in [3.05, 3.63) is 69.6 Å². The molecule has 198 valence electrons. The fourth-order valence-electron chi connectivity index (χ4n) is 2.69. The van der Waals surface area contributed by atoms with Gasteiger partial charge in [0.25, 0.3) is 11.5 Å². The Hall–Kier alpha value is -3.88. The molecule has 9 nitrogen and oxygen atoms in total. The second kappa shape index (κ2) is 12.7. The first-order valence-corrected chi connectivity index (χ1v) is 9.97. The highest BCUT2D eigenvalue weighted by Crippen LogP contribution is 2.29. The van der Waals surface area contributed by atoms with E-state index < -0.39 is 47.4 Å². The molecule has 0 fully saturated rings. The molecule has 0 bridgehead atoms. The van der Waals surface area contributed by atoms with Crippen LogP contribution in [0.5, 0.6) is 0 Å². The van der Waals surface area contributed by atoms with E-state index >= 15 is 0 Å². The summed E-state index contributed by atoms with van der Waals surface area (Å²) in [6.45, 7) is 0.0637. The minimum atomic E-state index is -5.08. The summed E-state index contributed by atoms with van der Waals surface area (Å²) < 4.78 is 71.4. The number of benzene rings is 1. The molecule has 1 aromatic heterocycles. The van der Waals surface area contributed by atoms with Gasteiger partial charge in [0, 0.05) is 6.20 Å². The van der Waals surface area contributed by atoms with E-state index in [0.717, 1.165) is 16.7 Å².